The first-order chi connectivity index (χ1) is 11.3. The van der Waals surface area contributed by atoms with E-state index >= 15 is 0 Å². The van der Waals surface area contributed by atoms with E-state index < -0.39 is 8.07 Å². The second kappa shape index (κ2) is 10.3. The van der Waals surface area contributed by atoms with Crippen molar-refractivity contribution in [2.24, 2.45) is 5.16 Å². The Hall–Kier alpha value is -0.793. The fourth-order valence-corrected chi connectivity index (χ4v) is 9.36. The predicted molar refractivity (Wildman–Crippen MR) is 106 cm³/mol. The lowest BCUT2D eigenvalue weighted by Crippen LogP contribution is -2.43. The average molecular weight is 352 g/mol. The molecule has 3 nitrogen and oxygen atoms in total. The number of ether oxygens (including phenoxy) is 1. The summed E-state index contributed by atoms with van der Waals surface area (Å²) in [6, 6.07) is 0. The normalized spacial score (nSPS) is 16.5. The average Bonchev–Trinajstić information content (AvgIpc) is 3.01. The van der Waals surface area contributed by atoms with E-state index in [4.69, 9.17) is 9.57 Å². The van der Waals surface area contributed by atoms with E-state index in [-0.39, 0.29) is 6.10 Å². The number of oxime groups is 1. The van der Waals surface area contributed by atoms with Gasteiger partial charge in [-0.3, -0.25) is 0 Å². The molecule has 1 aliphatic rings. The standard InChI is InChI=1S/C20H37NO2Si/c1-16(2)24(17(3)4,18(5)6)14-10-13-20(15-22-7)23-21-19-11-8-9-12-19/h16-18,20H,8-9,11-13,15H2,1-7H3. The fourth-order valence-electron chi connectivity index (χ4n) is 4.09. The van der Waals surface area contributed by atoms with Crippen LogP contribution < -0.4 is 0 Å². The smallest absolute Gasteiger partial charge is 0.161 e. The Kier molecular flexibility index (Phi) is 9.08. The first-order valence-corrected chi connectivity index (χ1v) is 11.8. The highest BCUT2D eigenvalue weighted by molar-refractivity contribution is 6.90. The predicted octanol–water partition coefficient (Wildman–Crippen LogP) is 5.56. The first kappa shape index (κ1) is 21.2. The lowest BCUT2D eigenvalue weighted by molar-refractivity contribution is 0.00389. The lowest BCUT2D eigenvalue weighted by Gasteiger charge is -2.38. The van der Waals surface area contributed by atoms with Crippen molar-refractivity contribution in [1.82, 2.24) is 0 Å². The van der Waals surface area contributed by atoms with Gasteiger partial charge >= 0.3 is 0 Å². The third-order valence-corrected chi connectivity index (χ3v) is 11.7. The van der Waals surface area contributed by atoms with Crippen LogP contribution in [0.25, 0.3) is 0 Å². The van der Waals surface area contributed by atoms with E-state index in [1.165, 1.54) is 18.6 Å². The van der Waals surface area contributed by atoms with Crippen LogP contribution in [0.5, 0.6) is 0 Å². The summed E-state index contributed by atoms with van der Waals surface area (Å²) in [5.41, 5.74) is 6.92. The van der Waals surface area contributed by atoms with Gasteiger partial charge in [-0.15, -0.1) is 11.5 Å². The first-order valence-electron chi connectivity index (χ1n) is 9.55. The maximum absolute atomic E-state index is 5.74. The van der Waals surface area contributed by atoms with Gasteiger partial charge in [-0.1, -0.05) is 46.7 Å². The molecule has 0 N–H and O–H groups in total. The molecule has 138 valence electrons. The highest BCUT2D eigenvalue weighted by Crippen LogP contribution is 2.40. The lowest BCUT2D eigenvalue weighted by atomic mass is 10.3. The maximum atomic E-state index is 5.74. The SMILES string of the molecule is COCC(CC#C[Si](C(C)C)(C(C)C)C(C)C)ON=C1CCCC1. The van der Waals surface area contributed by atoms with Crippen LogP contribution in [0.4, 0.5) is 0 Å². The summed E-state index contributed by atoms with van der Waals surface area (Å²) in [4.78, 5) is 5.74. The van der Waals surface area contributed by atoms with Gasteiger partial charge in [0.15, 0.2) is 6.10 Å². The summed E-state index contributed by atoms with van der Waals surface area (Å²) in [5, 5.41) is 4.34. The Bertz CT molecular complexity index is 430. The summed E-state index contributed by atoms with van der Waals surface area (Å²) >= 11 is 0. The summed E-state index contributed by atoms with van der Waals surface area (Å²) in [7, 11) is 0.0510. The highest BCUT2D eigenvalue weighted by Gasteiger charge is 2.41. The van der Waals surface area contributed by atoms with Crippen molar-refractivity contribution in [2.45, 2.75) is 96.4 Å². The number of rotatable bonds is 8. The van der Waals surface area contributed by atoms with Gasteiger partial charge < -0.3 is 9.57 Å². The number of methoxy groups -OCH3 is 1. The molecule has 1 saturated carbocycles. The van der Waals surface area contributed by atoms with Gasteiger partial charge in [0, 0.05) is 7.11 Å². The minimum absolute atomic E-state index is 0.0613. The minimum Gasteiger partial charge on any atom is -0.389 e. The Labute approximate surface area is 150 Å². The minimum atomic E-state index is -1.66. The molecule has 1 unspecified atom stereocenters. The Balaban J connectivity index is 2.80. The zero-order valence-corrected chi connectivity index (χ0v) is 17.8. The molecular formula is C20H37NO2Si. The molecule has 0 heterocycles. The molecular weight excluding hydrogens is 314 g/mol. The van der Waals surface area contributed by atoms with Crippen molar-refractivity contribution < 1.29 is 9.57 Å². The highest BCUT2D eigenvalue weighted by atomic mass is 28.3. The van der Waals surface area contributed by atoms with Crippen LogP contribution in [0.3, 0.4) is 0 Å². The molecule has 1 fully saturated rings. The van der Waals surface area contributed by atoms with Gasteiger partial charge in [0.25, 0.3) is 0 Å². The molecule has 0 amide bonds. The van der Waals surface area contributed by atoms with E-state index in [0.717, 1.165) is 12.8 Å². The molecule has 4 heteroatoms. The molecule has 0 aromatic heterocycles. The monoisotopic (exact) mass is 351 g/mol. The van der Waals surface area contributed by atoms with Gasteiger partial charge in [0.05, 0.1) is 18.7 Å². The van der Waals surface area contributed by atoms with Crippen LogP contribution in [0.1, 0.15) is 73.6 Å². The van der Waals surface area contributed by atoms with Gasteiger partial charge in [-0.25, -0.2) is 0 Å². The van der Waals surface area contributed by atoms with Crippen molar-refractivity contribution in [3.8, 4) is 11.5 Å². The van der Waals surface area contributed by atoms with Crippen molar-refractivity contribution in [1.29, 1.82) is 0 Å². The van der Waals surface area contributed by atoms with Gasteiger partial charge in [-0.2, -0.15) is 0 Å². The molecule has 0 spiro atoms. The third kappa shape index (κ3) is 5.63. The zero-order chi connectivity index (χ0) is 18.2. The van der Waals surface area contributed by atoms with Crippen LogP contribution in [0.2, 0.25) is 16.6 Å². The van der Waals surface area contributed by atoms with Crippen LogP contribution in [0, 0.1) is 11.5 Å². The summed E-state index contributed by atoms with van der Waals surface area (Å²) < 4.78 is 5.29. The maximum Gasteiger partial charge on any atom is 0.161 e. The molecule has 0 aromatic carbocycles. The topological polar surface area (TPSA) is 30.8 Å². The van der Waals surface area contributed by atoms with Crippen LogP contribution in [-0.4, -0.2) is 33.6 Å². The van der Waals surface area contributed by atoms with E-state index in [2.05, 4.69) is 58.2 Å². The fraction of sp³-hybridized carbons (Fsp3) is 0.850. The Morgan fingerprint density at radius 2 is 1.54 bits per heavy atom. The number of hydrogen-bond acceptors (Lipinski definition) is 3. The van der Waals surface area contributed by atoms with E-state index in [9.17, 15) is 0 Å². The zero-order valence-electron chi connectivity index (χ0n) is 16.8. The second-order valence-corrected chi connectivity index (χ2v) is 13.5. The molecule has 1 atom stereocenters. The van der Waals surface area contributed by atoms with Crippen molar-refractivity contribution >= 4 is 13.8 Å². The molecule has 1 rings (SSSR count). The van der Waals surface area contributed by atoms with Crippen molar-refractivity contribution in [2.75, 3.05) is 13.7 Å². The molecule has 0 aromatic rings. The summed E-state index contributed by atoms with van der Waals surface area (Å²) in [5.74, 6) is 3.47. The molecule has 0 bridgehead atoms. The Morgan fingerprint density at radius 1 is 1.00 bits per heavy atom. The number of hydrogen-bond donors (Lipinski definition) is 0. The Morgan fingerprint density at radius 3 is 2.00 bits per heavy atom. The van der Waals surface area contributed by atoms with Crippen molar-refractivity contribution in [3.05, 3.63) is 0 Å². The molecule has 0 radical (unpaired) electrons. The summed E-state index contributed by atoms with van der Waals surface area (Å²) in [6.07, 6.45) is 5.27. The van der Waals surface area contributed by atoms with Gasteiger partial charge in [-0.05, 0) is 42.3 Å². The second-order valence-electron chi connectivity index (χ2n) is 7.95. The summed E-state index contributed by atoms with van der Waals surface area (Å²) in [6.45, 7) is 14.6. The van der Waals surface area contributed by atoms with E-state index in [1.807, 2.05) is 0 Å². The molecule has 0 saturated heterocycles. The van der Waals surface area contributed by atoms with Crippen LogP contribution in [0.15, 0.2) is 5.16 Å². The van der Waals surface area contributed by atoms with Crippen LogP contribution >= 0.6 is 0 Å². The third-order valence-electron chi connectivity index (χ3n) is 5.36. The largest absolute Gasteiger partial charge is 0.389 e. The van der Waals surface area contributed by atoms with E-state index in [0.29, 0.717) is 29.7 Å². The van der Waals surface area contributed by atoms with Crippen molar-refractivity contribution in [3.63, 3.8) is 0 Å². The van der Waals surface area contributed by atoms with Gasteiger partial charge in [0.2, 0.25) is 0 Å². The van der Waals surface area contributed by atoms with Gasteiger partial charge in [0.1, 0.15) is 8.07 Å². The quantitative estimate of drug-likeness (QED) is 0.326. The molecule has 1 aliphatic carbocycles. The van der Waals surface area contributed by atoms with E-state index in [1.54, 1.807) is 7.11 Å². The molecule has 0 aliphatic heterocycles. The number of nitrogens with zero attached hydrogens (tertiary/aromatic N) is 1. The van der Waals surface area contributed by atoms with Crippen LogP contribution in [-0.2, 0) is 9.57 Å². The molecule has 24 heavy (non-hydrogen) atoms.